The molecule has 66 valence electrons. The minimum absolute atomic E-state index is 0.229. The molecule has 0 heterocycles. The average molecular weight is 215 g/mol. The molecule has 0 N–H and O–H groups in total. The Morgan fingerprint density at radius 1 is 1.55 bits per heavy atom. The minimum Gasteiger partial charge on any atom is -0.517 e. The molecule has 0 aliphatic heterocycles. The SMILES string of the molecule is CCC(=O)O[Si](C)(C)C(Cl)Cl. The Balaban J connectivity index is 4.01. The van der Waals surface area contributed by atoms with Gasteiger partial charge in [0.15, 0.2) is 0 Å². The van der Waals surface area contributed by atoms with Crippen molar-refractivity contribution in [2.45, 2.75) is 30.9 Å². The van der Waals surface area contributed by atoms with Crippen molar-refractivity contribution in [3.63, 3.8) is 0 Å². The molecule has 11 heavy (non-hydrogen) atoms. The summed E-state index contributed by atoms with van der Waals surface area (Å²) in [5, 5.41) is 0. The van der Waals surface area contributed by atoms with Gasteiger partial charge in [0.25, 0.3) is 14.3 Å². The van der Waals surface area contributed by atoms with E-state index in [1.54, 1.807) is 6.92 Å². The fourth-order valence-electron chi connectivity index (χ4n) is 0.410. The van der Waals surface area contributed by atoms with Crippen LogP contribution in [0.3, 0.4) is 0 Å². The van der Waals surface area contributed by atoms with Crippen LogP contribution < -0.4 is 0 Å². The van der Waals surface area contributed by atoms with E-state index in [2.05, 4.69) is 0 Å². The molecule has 0 aromatic carbocycles. The van der Waals surface area contributed by atoms with Gasteiger partial charge in [-0.25, -0.2) is 0 Å². The Bertz CT molecular complexity index is 148. The van der Waals surface area contributed by atoms with Gasteiger partial charge in [-0.1, -0.05) is 6.92 Å². The van der Waals surface area contributed by atoms with Gasteiger partial charge in [-0.05, 0) is 13.1 Å². The van der Waals surface area contributed by atoms with Crippen molar-refractivity contribution in [3.8, 4) is 0 Å². The monoisotopic (exact) mass is 214 g/mol. The highest BCUT2D eigenvalue weighted by Gasteiger charge is 2.34. The Morgan fingerprint density at radius 2 is 2.00 bits per heavy atom. The third-order valence-electron chi connectivity index (χ3n) is 1.19. The van der Waals surface area contributed by atoms with E-state index < -0.39 is 12.8 Å². The molecule has 0 amide bonds. The Kier molecular flexibility index (Phi) is 4.44. The molecule has 0 bridgehead atoms. The quantitative estimate of drug-likeness (QED) is 0.534. The van der Waals surface area contributed by atoms with E-state index in [1.165, 1.54) is 0 Å². The molecule has 0 saturated carbocycles. The molecule has 0 rings (SSSR count). The summed E-state index contributed by atoms with van der Waals surface area (Å²) in [6.45, 7) is 5.36. The van der Waals surface area contributed by atoms with Crippen LogP contribution in [0.2, 0.25) is 13.1 Å². The van der Waals surface area contributed by atoms with Crippen LogP contribution in [0.15, 0.2) is 0 Å². The molecule has 0 aliphatic carbocycles. The van der Waals surface area contributed by atoms with Crippen molar-refractivity contribution in [2.24, 2.45) is 0 Å². The minimum atomic E-state index is -2.18. The standard InChI is InChI=1S/C6H12Cl2O2Si/c1-4-5(9)10-11(2,3)6(7)8/h6H,4H2,1-3H3. The third-order valence-corrected chi connectivity index (χ3v) is 6.15. The number of halogens is 2. The van der Waals surface area contributed by atoms with Crippen LogP contribution in [0.5, 0.6) is 0 Å². The number of carbonyl (C=O) groups is 1. The first-order chi connectivity index (χ1) is 4.90. The fourth-order valence-corrected chi connectivity index (χ4v) is 1.50. The number of hydrogen-bond donors (Lipinski definition) is 0. The predicted molar refractivity (Wildman–Crippen MR) is 49.4 cm³/mol. The van der Waals surface area contributed by atoms with Crippen molar-refractivity contribution in [2.75, 3.05) is 0 Å². The van der Waals surface area contributed by atoms with Crippen molar-refractivity contribution in [1.29, 1.82) is 0 Å². The van der Waals surface area contributed by atoms with Crippen molar-refractivity contribution in [3.05, 3.63) is 0 Å². The molecule has 0 unspecified atom stereocenters. The van der Waals surface area contributed by atoms with Gasteiger partial charge in [-0.15, -0.1) is 23.2 Å². The van der Waals surface area contributed by atoms with Crippen LogP contribution in [0.4, 0.5) is 0 Å². The van der Waals surface area contributed by atoms with Crippen molar-refractivity contribution < 1.29 is 9.22 Å². The molecular formula is C6H12Cl2O2Si. The maximum Gasteiger partial charge on any atom is 0.292 e. The zero-order valence-electron chi connectivity index (χ0n) is 6.86. The molecule has 5 heteroatoms. The van der Waals surface area contributed by atoms with Crippen LogP contribution in [0.25, 0.3) is 0 Å². The maximum atomic E-state index is 10.8. The zero-order valence-corrected chi connectivity index (χ0v) is 9.37. The lowest BCUT2D eigenvalue weighted by atomic mass is 10.5. The van der Waals surface area contributed by atoms with Crippen LogP contribution in [0.1, 0.15) is 13.3 Å². The molecular weight excluding hydrogens is 203 g/mol. The van der Waals surface area contributed by atoms with Gasteiger partial charge in [-0.2, -0.15) is 0 Å². The van der Waals surface area contributed by atoms with Gasteiger partial charge in [0, 0.05) is 6.42 Å². The summed E-state index contributed by atoms with van der Waals surface area (Å²) in [4.78, 5) is 10.8. The highest BCUT2D eigenvalue weighted by molar-refractivity contribution is 6.88. The average Bonchev–Trinajstić information content (AvgIpc) is 1.86. The molecule has 0 aromatic rings. The second-order valence-electron chi connectivity index (χ2n) is 2.73. The lowest BCUT2D eigenvalue weighted by molar-refractivity contribution is -0.134. The van der Waals surface area contributed by atoms with Gasteiger partial charge in [0.2, 0.25) is 0 Å². The van der Waals surface area contributed by atoms with E-state index in [0.29, 0.717) is 6.42 Å². The van der Waals surface area contributed by atoms with E-state index in [4.69, 9.17) is 27.6 Å². The Hall–Kier alpha value is 0.267. The third kappa shape index (κ3) is 3.99. The van der Waals surface area contributed by atoms with Crippen LogP contribution >= 0.6 is 23.2 Å². The van der Waals surface area contributed by atoms with E-state index in [1.807, 2.05) is 13.1 Å². The van der Waals surface area contributed by atoms with E-state index in [9.17, 15) is 4.79 Å². The molecule has 0 atom stereocenters. The number of carbonyl (C=O) groups excluding carboxylic acids is 1. The van der Waals surface area contributed by atoms with Gasteiger partial charge >= 0.3 is 0 Å². The lowest BCUT2D eigenvalue weighted by Crippen LogP contribution is -2.40. The van der Waals surface area contributed by atoms with Gasteiger partial charge < -0.3 is 4.43 Å². The first-order valence-corrected chi connectivity index (χ1v) is 7.26. The summed E-state index contributed by atoms with van der Waals surface area (Å²) in [7, 11) is -2.18. The zero-order chi connectivity index (χ0) is 9.07. The molecule has 2 nitrogen and oxygen atoms in total. The maximum absolute atomic E-state index is 10.8. The highest BCUT2D eigenvalue weighted by Crippen LogP contribution is 2.19. The number of rotatable bonds is 3. The predicted octanol–water partition coefficient (Wildman–Crippen LogP) is 2.49. The molecule has 0 radical (unpaired) electrons. The topological polar surface area (TPSA) is 26.3 Å². The first kappa shape index (κ1) is 11.3. The van der Waals surface area contributed by atoms with Crippen molar-refractivity contribution >= 4 is 37.5 Å². The molecule has 0 fully saturated rings. The number of hydrogen-bond acceptors (Lipinski definition) is 2. The van der Waals surface area contributed by atoms with Gasteiger partial charge in [0.1, 0.15) is 4.46 Å². The lowest BCUT2D eigenvalue weighted by Gasteiger charge is -2.22. The molecule has 0 spiro atoms. The smallest absolute Gasteiger partial charge is 0.292 e. The van der Waals surface area contributed by atoms with E-state index in [0.717, 1.165) is 0 Å². The Morgan fingerprint density at radius 3 is 2.27 bits per heavy atom. The second kappa shape index (κ2) is 4.33. The first-order valence-electron chi connectivity index (χ1n) is 3.40. The summed E-state index contributed by atoms with van der Waals surface area (Å²) >= 11 is 11.2. The van der Waals surface area contributed by atoms with Crippen LogP contribution in [-0.4, -0.2) is 18.7 Å². The van der Waals surface area contributed by atoms with Gasteiger partial charge in [0.05, 0.1) is 0 Å². The second-order valence-corrected chi connectivity index (χ2v) is 8.55. The van der Waals surface area contributed by atoms with Gasteiger partial charge in [-0.3, -0.25) is 4.79 Å². The number of alkyl halides is 2. The highest BCUT2D eigenvalue weighted by atomic mass is 35.5. The largest absolute Gasteiger partial charge is 0.517 e. The fraction of sp³-hybridized carbons (Fsp3) is 0.833. The molecule has 0 aromatic heterocycles. The van der Waals surface area contributed by atoms with Crippen LogP contribution in [-0.2, 0) is 9.22 Å². The summed E-state index contributed by atoms with van der Waals surface area (Å²) < 4.78 is 4.53. The van der Waals surface area contributed by atoms with Crippen LogP contribution in [0, 0.1) is 0 Å². The Labute approximate surface area is 77.9 Å². The van der Waals surface area contributed by atoms with Crippen molar-refractivity contribution in [1.82, 2.24) is 0 Å². The molecule has 0 aliphatic rings. The summed E-state index contributed by atoms with van der Waals surface area (Å²) in [5.74, 6) is -0.229. The summed E-state index contributed by atoms with van der Waals surface area (Å²) in [6, 6.07) is 0. The molecule has 0 saturated heterocycles. The summed E-state index contributed by atoms with van der Waals surface area (Å²) in [6.07, 6.45) is 0.372. The van der Waals surface area contributed by atoms with E-state index >= 15 is 0 Å². The summed E-state index contributed by atoms with van der Waals surface area (Å²) in [5.41, 5.74) is 0. The van der Waals surface area contributed by atoms with E-state index in [-0.39, 0.29) is 5.97 Å². The normalized spacial score (nSPS) is 11.8.